The van der Waals surface area contributed by atoms with E-state index in [1.54, 1.807) is 18.2 Å². The lowest BCUT2D eigenvalue weighted by Crippen LogP contribution is -2.56. The van der Waals surface area contributed by atoms with Gasteiger partial charge in [0, 0.05) is 6.04 Å². The predicted octanol–water partition coefficient (Wildman–Crippen LogP) is 4.12. The normalized spacial score (nSPS) is 29.7. The van der Waals surface area contributed by atoms with Crippen molar-refractivity contribution in [2.45, 2.75) is 65.3 Å². The van der Waals surface area contributed by atoms with Crippen molar-refractivity contribution in [1.29, 1.82) is 0 Å². The molecule has 0 spiro atoms. The average Bonchev–Trinajstić information content (AvgIpc) is 2.71. The second-order valence-electron chi connectivity index (χ2n) is 10.2. The Labute approximate surface area is 183 Å². The number of nitrogens with zero attached hydrogens (tertiary/aromatic N) is 2. The molecule has 6 heteroatoms. The van der Waals surface area contributed by atoms with Crippen molar-refractivity contribution in [2.24, 2.45) is 23.2 Å². The number of aryl methyl sites for hydroxylation is 2. The fourth-order valence-corrected chi connectivity index (χ4v) is 6.72. The Kier molecular flexibility index (Phi) is 4.98. The highest BCUT2D eigenvalue weighted by Crippen LogP contribution is 2.61. The van der Waals surface area contributed by atoms with E-state index in [0.29, 0.717) is 11.1 Å². The molecule has 2 aromatic rings. The Morgan fingerprint density at radius 2 is 1.61 bits per heavy atom. The topological polar surface area (TPSA) is 81.2 Å². The first kappa shape index (κ1) is 20.4. The summed E-state index contributed by atoms with van der Waals surface area (Å²) in [7, 11) is 0. The molecule has 164 valence electrons. The largest absolute Gasteiger partial charge is 0.452 e. The van der Waals surface area contributed by atoms with Crippen LogP contribution in [0.3, 0.4) is 0 Å². The highest BCUT2D eigenvalue weighted by atomic mass is 16.5. The van der Waals surface area contributed by atoms with Gasteiger partial charge in [0.1, 0.15) is 0 Å². The van der Waals surface area contributed by atoms with Gasteiger partial charge in [0.25, 0.3) is 5.91 Å². The third kappa shape index (κ3) is 3.81. The Morgan fingerprint density at radius 3 is 2.23 bits per heavy atom. The van der Waals surface area contributed by atoms with Crippen molar-refractivity contribution in [3.63, 3.8) is 0 Å². The van der Waals surface area contributed by atoms with Crippen molar-refractivity contribution in [3.8, 4) is 0 Å². The third-order valence-electron chi connectivity index (χ3n) is 8.03. The number of hydrogen-bond donors (Lipinski definition) is 1. The zero-order valence-corrected chi connectivity index (χ0v) is 18.6. The van der Waals surface area contributed by atoms with Gasteiger partial charge in [-0.15, -0.1) is 0 Å². The lowest BCUT2D eigenvalue weighted by Gasteiger charge is -2.59. The van der Waals surface area contributed by atoms with Crippen LogP contribution in [0.25, 0.3) is 11.0 Å². The number of nitrogens with one attached hydrogen (secondary N) is 1. The van der Waals surface area contributed by atoms with Gasteiger partial charge in [0.15, 0.2) is 6.61 Å². The van der Waals surface area contributed by atoms with Crippen LogP contribution >= 0.6 is 0 Å². The molecule has 0 saturated heterocycles. The third-order valence-corrected chi connectivity index (χ3v) is 8.03. The van der Waals surface area contributed by atoms with E-state index in [1.807, 2.05) is 13.8 Å². The Bertz CT molecular complexity index is 1010. The maximum Gasteiger partial charge on any atom is 0.338 e. The van der Waals surface area contributed by atoms with Gasteiger partial charge in [-0.1, -0.05) is 0 Å². The molecule has 1 N–H and O–H groups in total. The van der Waals surface area contributed by atoms with Crippen LogP contribution in [0.2, 0.25) is 0 Å². The highest BCUT2D eigenvalue weighted by molar-refractivity contribution is 5.94. The number of rotatable bonds is 5. The van der Waals surface area contributed by atoms with E-state index in [9.17, 15) is 9.59 Å². The van der Waals surface area contributed by atoms with E-state index in [2.05, 4.69) is 22.2 Å². The van der Waals surface area contributed by atoms with Gasteiger partial charge in [-0.2, -0.15) is 0 Å². The van der Waals surface area contributed by atoms with E-state index < -0.39 is 5.97 Å². The average molecular weight is 422 g/mol. The summed E-state index contributed by atoms with van der Waals surface area (Å²) in [6.07, 6.45) is 7.85. The molecule has 4 bridgehead atoms. The minimum absolute atomic E-state index is 0.120. The van der Waals surface area contributed by atoms with Gasteiger partial charge in [-0.05, 0) is 101 Å². The number of esters is 1. The lowest BCUT2D eigenvalue weighted by atomic mass is 9.48. The lowest BCUT2D eigenvalue weighted by molar-refractivity contribution is -0.128. The smallest absolute Gasteiger partial charge is 0.338 e. The second kappa shape index (κ2) is 7.57. The predicted molar refractivity (Wildman–Crippen MR) is 118 cm³/mol. The number of hydrogen-bond acceptors (Lipinski definition) is 5. The van der Waals surface area contributed by atoms with Crippen LogP contribution in [0.1, 0.15) is 67.2 Å². The highest BCUT2D eigenvalue weighted by Gasteiger charge is 2.53. The molecule has 1 aromatic carbocycles. The SMILES string of the molecule is Cc1nc2ccc(C(=O)OCC(=O)N[C@@H](C)C34CC5CC(CC(C5)C3)C4)cc2nc1C. The monoisotopic (exact) mass is 421 g/mol. The van der Waals surface area contributed by atoms with Gasteiger partial charge < -0.3 is 10.1 Å². The number of aromatic nitrogens is 2. The molecule has 0 aliphatic heterocycles. The van der Waals surface area contributed by atoms with Crippen LogP contribution in [0.5, 0.6) is 0 Å². The first-order valence-corrected chi connectivity index (χ1v) is 11.5. The molecule has 4 aliphatic rings. The fraction of sp³-hybridized carbons (Fsp3) is 0.600. The number of carbonyl (C=O) groups excluding carboxylic acids is 2. The zero-order chi connectivity index (χ0) is 21.8. The van der Waals surface area contributed by atoms with Crippen LogP contribution < -0.4 is 5.32 Å². The molecule has 6 nitrogen and oxygen atoms in total. The van der Waals surface area contributed by atoms with Gasteiger partial charge in [0.2, 0.25) is 0 Å². The van der Waals surface area contributed by atoms with Crippen LogP contribution in [0, 0.1) is 37.0 Å². The first-order valence-electron chi connectivity index (χ1n) is 11.5. The summed E-state index contributed by atoms with van der Waals surface area (Å²) in [6.45, 7) is 5.68. The summed E-state index contributed by atoms with van der Waals surface area (Å²) in [5.74, 6) is 1.79. The number of amides is 1. The van der Waals surface area contributed by atoms with Gasteiger partial charge >= 0.3 is 5.97 Å². The Hall–Kier alpha value is -2.50. The van der Waals surface area contributed by atoms with Crippen LogP contribution in [-0.2, 0) is 9.53 Å². The van der Waals surface area contributed by atoms with Crippen molar-refractivity contribution >= 4 is 22.9 Å². The van der Waals surface area contributed by atoms with E-state index in [-0.39, 0.29) is 24.0 Å². The summed E-state index contributed by atoms with van der Waals surface area (Å²) >= 11 is 0. The number of ether oxygens (including phenoxy) is 1. The van der Waals surface area contributed by atoms with E-state index in [0.717, 1.165) is 34.7 Å². The Morgan fingerprint density at radius 1 is 1.03 bits per heavy atom. The molecule has 1 aromatic heterocycles. The minimum atomic E-state index is -0.514. The van der Waals surface area contributed by atoms with Crippen LogP contribution in [0.4, 0.5) is 0 Å². The molecule has 31 heavy (non-hydrogen) atoms. The zero-order valence-electron chi connectivity index (χ0n) is 18.6. The first-order chi connectivity index (χ1) is 14.8. The van der Waals surface area contributed by atoms with Gasteiger partial charge in [0.05, 0.1) is 28.0 Å². The fourth-order valence-electron chi connectivity index (χ4n) is 6.72. The molecule has 4 fully saturated rings. The molecule has 1 atom stereocenters. The van der Waals surface area contributed by atoms with Crippen molar-refractivity contribution in [1.82, 2.24) is 15.3 Å². The maximum absolute atomic E-state index is 12.6. The summed E-state index contributed by atoms with van der Waals surface area (Å²) in [6, 6.07) is 5.23. The molecule has 4 saturated carbocycles. The summed E-state index contributed by atoms with van der Waals surface area (Å²) in [4.78, 5) is 34.0. The van der Waals surface area contributed by atoms with Gasteiger partial charge in [-0.3, -0.25) is 4.79 Å². The van der Waals surface area contributed by atoms with E-state index in [1.165, 1.54) is 38.5 Å². The number of benzene rings is 1. The Balaban J connectivity index is 1.19. The van der Waals surface area contributed by atoms with E-state index >= 15 is 0 Å². The van der Waals surface area contributed by atoms with Crippen molar-refractivity contribution < 1.29 is 14.3 Å². The number of fused-ring (bicyclic) bond motifs is 1. The summed E-state index contributed by atoms with van der Waals surface area (Å²) in [5.41, 5.74) is 3.71. The second-order valence-corrected chi connectivity index (χ2v) is 10.2. The maximum atomic E-state index is 12.6. The van der Waals surface area contributed by atoms with Crippen molar-refractivity contribution in [3.05, 3.63) is 35.2 Å². The molecule has 1 heterocycles. The molecule has 1 amide bonds. The number of carbonyl (C=O) groups is 2. The summed E-state index contributed by atoms with van der Waals surface area (Å²) in [5, 5.41) is 3.15. The molecule has 4 aliphatic carbocycles. The van der Waals surface area contributed by atoms with Crippen LogP contribution in [0.15, 0.2) is 18.2 Å². The van der Waals surface area contributed by atoms with Crippen LogP contribution in [-0.4, -0.2) is 34.5 Å². The van der Waals surface area contributed by atoms with Crippen molar-refractivity contribution in [2.75, 3.05) is 6.61 Å². The quantitative estimate of drug-likeness (QED) is 0.735. The van der Waals surface area contributed by atoms with E-state index in [4.69, 9.17) is 4.74 Å². The molecule has 0 unspecified atom stereocenters. The minimum Gasteiger partial charge on any atom is -0.452 e. The molecular weight excluding hydrogens is 390 g/mol. The molecule has 0 radical (unpaired) electrons. The summed E-state index contributed by atoms with van der Waals surface area (Å²) < 4.78 is 5.31. The molecule has 6 rings (SSSR count). The standard InChI is InChI=1S/C25H31N3O3/c1-14-15(2)27-22-9-20(4-5-21(22)26-14)24(30)31-13-23(29)28-16(3)25-10-17-6-18(11-25)8-19(7-17)12-25/h4-5,9,16-19H,6-8,10-13H2,1-3H3,(H,28,29)/t16-,17?,18?,19?,25?/m0/s1. The van der Waals surface area contributed by atoms with Gasteiger partial charge in [-0.25, -0.2) is 14.8 Å². The molecular formula is C25H31N3O3.